The quantitative estimate of drug-likeness (QED) is 0.465. The van der Waals surface area contributed by atoms with Crippen LogP contribution in [0.25, 0.3) is 11.0 Å². The maximum absolute atomic E-state index is 14.4. The van der Waals surface area contributed by atoms with Gasteiger partial charge in [-0.1, -0.05) is 6.07 Å². The third-order valence-electron chi connectivity index (χ3n) is 6.75. The number of hydrogen-bond acceptors (Lipinski definition) is 4. The van der Waals surface area contributed by atoms with E-state index in [2.05, 4.69) is 26.2 Å². The fourth-order valence-electron chi connectivity index (χ4n) is 4.91. The Kier molecular flexibility index (Phi) is 3.79. The predicted molar refractivity (Wildman–Crippen MR) is 117 cm³/mol. The maximum Gasteiger partial charge on any atom is 0.258 e. The van der Waals surface area contributed by atoms with Gasteiger partial charge < -0.3 is 9.88 Å². The number of halogens is 1. The molecule has 7 rings (SSSR count). The van der Waals surface area contributed by atoms with Gasteiger partial charge in [-0.15, -0.1) is 0 Å². The van der Waals surface area contributed by atoms with E-state index in [-0.39, 0.29) is 11.7 Å². The second-order valence-electron chi connectivity index (χ2n) is 8.80. The van der Waals surface area contributed by atoms with Gasteiger partial charge in [0, 0.05) is 31.1 Å². The molecular formula is C24H20FN7O. The van der Waals surface area contributed by atoms with E-state index in [1.54, 1.807) is 40.3 Å². The first-order chi connectivity index (χ1) is 16.2. The molecule has 1 atom stereocenters. The van der Waals surface area contributed by atoms with Crippen LogP contribution in [0.15, 0.2) is 55.2 Å². The third kappa shape index (κ3) is 2.81. The van der Waals surface area contributed by atoms with Crippen molar-refractivity contribution in [2.24, 2.45) is 0 Å². The molecule has 1 aliphatic heterocycles. The Morgan fingerprint density at radius 3 is 2.91 bits per heavy atom. The molecule has 1 saturated carbocycles. The van der Waals surface area contributed by atoms with Crippen molar-refractivity contribution >= 4 is 16.9 Å². The van der Waals surface area contributed by atoms with Crippen molar-refractivity contribution in [3.8, 4) is 0 Å². The van der Waals surface area contributed by atoms with Crippen LogP contribution in [0.1, 0.15) is 57.8 Å². The fraction of sp³-hybridized carbons (Fsp3) is 0.250. The average Bonchev–Trinajstić information content (AvgIpc) is 3.22. The first kappa shape index (κ1) is 18.6. The van der Waals surface area contributed by atoms with Gasteiger partial charge in [0.1, 0.15) is 17.4 Å². The SMILES string of the molecule is O=C(c1cnn2cc(C3CC3)ccc12)N1CCc2[nH]cnc2C1c1cc2c(F)cccn2n1. The van der Waals surface area contributed by atoms with E-state index in [1.807, 2.05) is 12.3 Å². The highest BCUT2D eigenvalue weighted by molar-refractivity contribution is 6.01. The Morgan fingerprint density at radius 2 is 2.06 bits per heavy atom. The Balaban J connectivity index is 1.33. The molecule has 164 valence electrons. The van der Waals surface area contributed by atoms with E-state index < -0.39 is 6.04 Å². The number of carbonyl (C=O) groups is 1. The summed E-state index contributed by atoms with van der Waals surface area (Å²) >= 11 is 0. The molecule has 1 N–H and O–H groups in total. The van der Waals surface area contributed by atoms with Crippen LogP contribution >= 0.6 is 0 Å². The molecule has 0 radical (unpaired) electrons. The molecule has 0 saturated heterocycles. The number of fused-ring (bicyclic) bond motifs is 3. The van der Waals surface area contributed by atoms with E-state index in [1.165, 1.54) is 29.0 Å². The first-order valence-electron chi connectivity index (χ1n) is 11.1. The molecule has 6 heterocycles. The van der Waals surface area contributed by atoms with Crippen molar-refractivity contribution in [3.05, 3.63) is 89.3 Å². The van der Waals surface area contributed by atoms with E-state index in [0.717, 1.165) is 16.9 Å². The van der Waals surface area contributed by atoms with Crippen molar-refractivity contribution < 1.29 is 9.18 Å². The van der Waals surface area contributed by atoms with Gasteiger partial charge in [0.2, 0.25) is 0 Å². The van der Waals surface area contributed by atoms with E-state index in [9.17, 15) is 9.18 Å². The van der Waals surface area contributed by atoms with Crippen molar-refractivity contribution in [1.29, 1.82) is 0 Å². The lowest BCUT2D eigenvalue weighted by molar-refractivity contribution is 0.0689. The lowest BCUT2D eigenvalue weighted by Crippen LogP contribution is -2.41. The first-order valence-corrected chi connectivity index (χ1v) is 11.1. The number of aromatic nitrogens is 6. The normalized spacial score (nSPS) is 18.2. The molecule has 1 fully saturated rings. The molecule has 8 nitrogen and oxygen atoms in total. The maximum atomic E-state index is 14.4. The minimum atomic E-state index is -0.521. The monoisotopic (exact) mass is 441 g/mol. The van der Waals surface area contributed by atoms with Crippen LogP contribution in [-0.2, 0) is 6.42 Å². The second-order valence-corrected chi connectivity index (χ2v) is 8.80. The summed E-state index contributed by atoms with van der Waals surface area (Å²) in [5.41, 5.74) is 5.23. The van der Waals surface area contributed by atoms with Gasteiger partial charge in [0.15, 0.2) is 0 Å². The fourth-order valence-corrected chi connectivity index (χ4v) is 4.91. The zero-order chi connectivity index (χ0) is 22.1. The minimum absolute atomic E-state index is 0.139. The van der Waals surface area contributed by atoms with Crippen molar-refractivity contribution in [3.63, 3.8) is 0 Å². The number of rotatable bonds is 3. The van der Waals surface area contributed by atoms with Gasteiger partial charge in [-0.2, -0.15) is 10.2 Å². The van der Waals surface area contributed by atoms with Gasteiger partial charge >= 0.3 is 0 Å². The zero-order valence-electron chi connectivity index (χ0n) is 17.6. The number of hydrogen-bond donors (Lipinski definition) is 1. The van der Waals surface area contributed by atoms with Crippen molar-refractivity contribution in [2.45, 2.75) is 31.2 Å². The standard InChI is InChI=1S/C24H20FN7O/c25-17-2-1-8-31-21(17)10-19(29-31)23-22-18(26-13-27-22)7-9-30(23)24(33)16-11-28-32-12-15(14-3-4-14)5-6-20(16)32/h1-2,5-6,8,10-14,23H,3-4,7,9H2,(H,26,27). The van der Waals surface area contributed by atoms with Gasteiger partial charge in [-0.05, 0) is 48.6 Å². The van der Waals surface area contributed by atoms with Crippen LogP contribution in [-0.4, -0.2) is 46.5 Å². The highest BCUT2D eigenvalue weighted by atomic mass is 19.1. The lowest BCUT2D eigenvalue weighted by atomic mass is 9.98. The molecule has 5 aromatic rings. The Labute approximate surface area is 187 Å². The summed E-state index contributed by atoms with van der Waals surface area (Å²) in [5, 5.41) is 9.06. The van der Waals surface area contributed by atoms with Crippen molar-refractivity contribution in [1.82, 2.24) is 34.1 Å². The number of nitrogens with one attached hydrogen (secondary N) is 1. The summed E-state index contributed by atoms with van der Waals surface area (Å²) in [5.74, 6) is 0.111. The molecular weight excluding hydrogens is 421 g/mol. The summed E-state index contributed by atoms with van der Waals surface area (Å²) in [7, 11) is 0. The van der Waals surface area contributed by atoms with Gasteiger partial charge in [-0.3, -0.25) is 4.79 Å². The predicted octanol–water partition coefficient (Wildman–Crippen LogP) is 3.51. The molecule has 0 bridgehead atoms. The molecule has 5 aromatic heterocycles. The third-order valence-corrected chi connectivity index (χ3v) is 6.75. The largest absolute Gasteiger partial charge is 0.348 e. The van der Waals surface area contributed by atoms with Crippen LogP contribution in [0.3, 0.4) is 0 Å². The molecule has 1 unspecified atom stereocenters. The smallest absolute Gasteiger partial charge is 0.258 e. The lowest BCUT2D eigenvalue weighted by Gasteiger charge is -2.33. The van der Waals surface area contributed by atoms with Crippen LogP contribution in [0.4, 0.5) is 4.39 Å². The average molecular weight is 441 g/mol. The van der Waals surface area contributed by atoms with Crippen molar-refractivity contribution in [2.75, 3.05) is 6.54 Å². The number of nitrogens with zero attached hydrogens (tertiary/aromatic N) is 6. The highest BCUT2D eigenvalue weighted by Crippen LogP contribution is 2.40. The second kappa shape index (κ2) is 6.74. The molecule has 2 aliphatic rings. The summed E-state index contributed by atoms with van der Waals surface area (Å²) in [6.45, 7) is 0.493. The molecule has 1 amide bonds. The molecule has 9 heteroatoms. The van der Waals surface area contributed by atoms with E-state index in [4.69, 9.17) is 0 Å². The number of H-pyrrole nitrogens is 1. The Bertz CT molecular complexity index is 1540. The summed E-state index contributed by atoms with van der Waals surface area (Å²) < 4.78 is 17.7. The van der Waals surface area contributed by atoms with Gasteiger partial charge in [-0.25, -0.2) is 18.4 Å². The van der Waals surface area contributed by atoms with Gasteiger partial charge in [0.25, 0.3) is 5.91 Å². The van der Waals surface area contributed by atoms with E-state index in [0.29, 0.717) is 35.7 Å². The summed E-state index contributed by atoms with van der Waals surface area (Å²) in [4.78, 5) is 23.3. The Morgan fingerprint density at radius 1 is 1.15 bits per heavy atom. The Hall–Kier alpha value is -4.01. The van der Waals surface area contributed by atoms with Crippen LogP contribution in [0.2, 0.25) is 0 Å². The molecule has 1 aliphatic carbocycles. The topological polar surface area (TPSA) is 83.6 Å². The van der Waals surface area contributed by atoms with E-state index >= 15 is 0 Å². The summed E-state index contributed by atoms with van der Waals surface area (Å²) in [6, 6.07) is 8.26. The van der Waals surface area contributed by atoms with Crippen LogP contribution < -0.4 is 0 Å². The zero-order valence-corrected chi connectivity index (χ0v) is 17.6. The number of pyridine rings is 2. The number of amides is 1. The summed E-state index contributed by atoms with van der Waals surface area (Å²) in [6.07, 6.45) is 10.1. The van der Waals surface area contributed by atoms with Crippen LogP contribution in [0.5, 0.6) is 0 Å². The molecule has 33 heavy (non-hydrogen) atoms. The number of imidazole rings is 1. The van der Waals surface area contributed by atoms with Gasteiger partial charge in [0.05, 0.1) is 35.0 Å². The molecule has 0 spiro atoms. The minimum Gasteiger partial charge on any atom is -0.348 e. The highest BCUT2D eigenvalue weighted by Gasteiger charge is 2.37. The number of carbonyl (C=O) groups excluding carboxylic acids is 1. The van der Waals surface area contributed by atoms with Crippen LogP contribution in [0, 0.1) is 5.82 Å². The number of aromatic amines is 1. The molecule has 0 aromatic carbocycles.